The van der Waals surface area contributed by atoms with E-state index in [4.69, 9.17) is 9.84 Å². The number of carbonyl (C=O) groups is 1. The van der Waals surface area contributed by atoms with Gasteiger partial charge in [-0.05, 0) is 31.4 Å². The highest BCUT2D eigenvalue weighted by Gasteiger charge is 1.87. The first-order chi connectivity index (χ1) is 8.77. The zero-order valence-electron chi connectivity index (χ0n) is 11.2. The van der Waals surface area contributed by atoms with Gasteiger partial charge in [0.1, 0.15) is 0 Å². The van der Waals surface area contributed by atoms with Crippen molar-refractivity contribution in [3.05, 3.63) is 30.0 Å². The van der Waals surface area contributed by atoms with E-state index in [1.54, 1.807) is 6.08 Å². The average Bonchev–Trinajstić information content (AvgIpc) is 2.34. The fourth-order valence-electron chi connectivity index (χ4n) is 1.32. The maximum atomic E-state index is 10.2. The van der Waals surface area contributed by atoms with E-state index in [0.717, 1.165) is 12.8 Å². The van der Waals surface area contributed by atoms with Gasteiger partial charge in [0.15, 0.2) is 0 Å². The summed E-state index contributed by atoms with van der Waals surface area (Å²) in [5, 5.41) is 8.37. The van der Waals surface area contributed by atoms with Gasteiger partial charge in [0.05, 0.1) is 19.6 Å². The van der Waals surface area contributed by atoms with Crippen molar-refractivity contribution in [2.45, 2.75) is 45.4 Å². The highest BCUT2D eigenvalue weighted by molar-refractivity contribution is 5.68. The Bertz CT molecular complexity index is 286. The predicted molar refractivity (Wildman–Crippen MR) is 73.6 cm³/mol. The standard InChI is InChI=1S/C15H24O3/c1-2-3-4-5-6-7-10-13-18-14-11-8-9-12-15(16)17/h6-7,9,11H,2-5,10,12-14H2,1H3,(H,16,17). The van der Waals surface area contributed by atoms with Crippen molar-refractivity contribution >= 4 is 5.97 Å². The van der Waals surface area contributed by atoms with Gasteiger partial charge in [-0.2, -0.15) is 0 Å². The minimum atomic E-state index is -0.843. The van der Waals surface area contributed by atoms with Crippen molar-refractivity contribution < 1.29 is 14.6 Å². The van der Waals surface area contributed by atoms with Crippen LogP contribution in [0.3, 0.4) is 0 Å². The van der Waals surface area contributed by atoms with Crippen molar-refractivity contribution in [3.8, 4) is 0 Å². The number of carboxylic acid groups (broad SMARTS) is 1. The van der Waals surface area contributed by atoms with Crippen molar-refractivity contribution in [2.75, 3.05) is 13.2 Å². The van der Waals surface area contributed by atoms with E-state index in [9.17, 15) is 4.79 Å². The van der Waals surface area contributed by atoms with Gasteiger partial charge >= 0.3 is 5.97 Å². The molecule has 0 amide bonds. The number of hydrogen-bond acceptors (Lipinski definition) is 2. The predicted octanol–water partition coefficient (Wildman–Crippen LogP) is 3.72. The molecule has 1 N–H and O–H groups in total. The average molecular weight is 252 g/mol. The van der Waals surface area contributed by atoms with Crippen LogP contribution in [0.15, 0.2) is 30.0 Å². The fourth-order valence-corrected chi connectivity index (χ4v) is 1.32. The summed E-state index contributed by atoms with van der Waals surface area (Å²) in [4.78, 5) is 10.2. The van der Waals surface area contributed by atoms with Gasteiger partial charge in [0.2, 0.25) is 0 Å². The summed E-state index contributed by atoms with van der Waals surface area (Å²) in [6, 6.07) is 0. The van der Waals surface area contributed by atoms with E-state index in [2.05, 4.69) is 24.8 Å². The Morgan fingerprint density at radius 1 is 1.22 bits per heavy atom. The van der Waals surface area contributed by atoms with Gasteiger partial charge in [0, 0.05) is 0 Å². The van der Waals surface area contributed by atoms with Crippen LogP contribution in [0.25, 0.3) is 0 Å². The Balaban J connectivity index is 3.30. The second kappa shape index (κ2) is 13.8. The first kappa shape index (κ1) is 16.7. The highest BCUT2D eigenvalue weighted by atomic mass is 16.5. The Morgan fingerprint density at radius 3 is 2.72 bits per heavy atom. The van der Waals surface area contributed by atoms with Gasteiger partial charge in [-0.25, -0.2) is 0 Å². The minimum Gasteiger partial charge on any atom is -0.481 e. The number of ether oxygens (including phenoxy) is 1. The van der Waals surface area contributed by atoms with Crippen molar-refractivity contribution in [1.82, 2.24) is 0 Å². The second-order valence-corrected chi connectivity index (χ2v) is 4.00. The lowest BCUT2D eigenvalue weighted by atomic mass is 10.2. The molecule has 18 heavy (non-hydrogen) atoms. The molecule has 0 radical (unpaired) electrons. The molecule has 0 aliphatic heterocycles. The summed E-state index contributed by atoms with van der Waals surface area (Å²) in [7, 11) is 0. The molecular weight excluding hydrogens is 228 g/mol. The molecule has 0 unspecified atom stereocenters. The molecular formula is C15H24O3. The zero-order chi connectivity index (χ0) is 13.5. The summed E-state index contributed by atoms with van der Waals surface area (Å²) in [5.41, 5.74) is 2.77. The van der Waals surface area contributed by atoms with Crippen molar-refractivity contribution in [2.24, 2.45) is 0 Å². The highest BCUT2D eigenvalue weighted by Crippen LogP contribution is 2.00. The first-order valence-electron chi connectivity index (χ1n) is 6.61. The summed E-state index contributed by atoms with van der Waals surface area (Å²) >= 11 is 0. The number of carboxylic acids is 1. The molecule has 0 saturated heterocycles. The van der Waals surface area contributed by atoms with Gasteiger partial charge in [-0.3, -0.25) is 4.79 Å². The molecule has 0 aromatic rings. The Hall–Kier alpha value is -1.31. The Kier molecular flexibility index (Phi) is 12.8. The SMILES string of the molecule is CCCCCC=CCCOCC=C=CCC(=O)O. The number of hydrogen-bond donors (Lipinski definition) is 1. The van der Waals surface area contributed by atoms with Crippen LogP contribution < -0.4 is 0 Å². The smallest absolute Gasteiger partial charge is 0.307 e. The van der Waals surface area contributed by atoms with Crippen molar-refractivity contribution in [1.29, 1.82) is 0 Å². The Labute approximate surface area is 110 Å². The van der Waals surface area contributed by atoms with Crippen molar-refractivity contribution in [3.63, 3.8) is 0 Å². The Morgan fingerprint density at radius 2 is 2.00 bits per heavy atom. The molecule has 0 spiro atoms. The third-order valence-corrected chi connectivity index (χ3v) is 2.28. The number of allylic oxidation sites excluding steroid dienone is 1. The number of rotatable bonds is 11. The monoisotopic (exact) mass is 252 g/mol. The van der Waals surface area contributed by atoms with Crippen LogP contribution in [0, 0.1) is 0 Å². The second-order valence-electron chi connectivity index (χ2n) is 4.00. The molecule has 0 atom stereocenters. The largest absolute Gasteiger partial charge is 0.481 e. The van der Waals surface area contributed by atoms with E-state index in [0.29, 0.717) is 13.2 Å². The fraction of sp³-hybridized carbons (Fsp3) is 0.600. The molecule has 0 rings (SSSR count). The normalized spacial score (nSPS) is 10.3. The van der Waals surface area contributed by atoms with E-state index in [-0.39, 0.29) is 6.42 Å². The summed E-state index contributed by atoms with van der Waals surface area (Å²) in [6.45, 7) is 3.39. The molecule has 0 fully saturated rings. The molecule has 0 aliphatic rings. The molecule has 0 aliphatic carbocycles. The van der Waals surface area contributed by atoms with Gasteiger partial charge in [-0.1, -0.05) is 31.9 Å². The topological polar surface area (TPSA) is 46.5 Å². The number of unbranched alkanes of at least 4 members (excludes halogenated alkanes) is 3. The third-order valence-electron chi connectivity index (χ3n) is 2.28. The van der Waals surface area contributed by atoms with Crippen LogP contribution in [0.5, 0.6) is 0 Å². The summed E-state index contributed by atoms with van der Waals surface area (Å²) in [6.07, 6.45) is 13.5. The molecule has 0 aromatic heterocycles. The minimum absolute atomic E-state index is 0.0109. The van der Waals surface area contributed by atoms with E-state index in [1.165, 1.54) is 25.3 Å². The van der Waals surface area contributed by atoms with Gasteiger partial charge < -0.3 is 9.84 Å². The van der Waals surface area contributed by atoms with Crippen LogP contribution in [-0.2, 0) is 9.53 Å². The molecule has 3 nitrogen and oxygen atoms in total. The van der Waals surface area contributed by atoms with E-state index >= 15 is 0 Å². The summed E-state index contributed by atoms with van der Waals surface area (Å²) in [5.74, 6) is -0.843. The maximum absolute atomic E-state index is 10.2. The molecule has 0 aromatic carbocycles. The van der Waals surface area contributed by atoms with Gasteiger partial charge in [0.25, 0.3) is 0 Å². The van der Waals surface area contributed by atoms with Crippen LogP contribution in [-0.4, -0.2) is 24.3 Å². The molecule has 3 heteroatoms. The van der Waals surface area contributed by atoms with Crippen LogP contribution in [0.1, 0.15) is 45.4 Å². The maximum Gasteiger partial charge on any atom is 0.307 e. The van der Waals surface area contributed by atoms with E-state index < -0.39 is 5.97 Å². The lowest BCUT2D eigenvalue weighted by molar-refractivity contribution is -0.135. The van der Waals surface area contributed by atoms with E-state index in [1.807, 2.05) is 0 Å². The summed E-state index contributed by atoms with van der Waals surface area (Å²) < 4.78 is 5.33. The quantitative estimate of drug-likeness (QED) is 0.346. The third kappa shape index (κ3) is 14.7. The molecule has 102 valence electrons. The lowest BCUT2D eigenvalue weighted by Crippen LogP contribution is -1.92. The van der Waals surface area contributed by atoms with Crippen LogP contribution in [0.2, 0.25) is 0 Å². The lowest BCUT2D eigenvalue weighted by Gasteiger charge is -1.96. The molecule has 0 heterocycles. The van der Waals surface area contributed by atoms with Gasteiger partial charge in [-0.15, -0.1) is 5.73 Å². The molecule has 0 bridgehead atoms. The van der Waals surface area contributed by atoms with Crippen LogP contribution in [0.4, 0.5) is 0 Å². The van der Waals surface area contributed by atoms with Crippen LogP contribution >= 0.6 is 0 Å². The molecule has 0 saturated carbocycles. The number of aliphatic carboxylic acids is 1. The zero-order valence-corrected chi connectivity index (χ0v) is 11.2. The first-order valence-corrected chi connectivity index (χ1v) is 6.61.